The van der Waals surface area contributed by atoms with Crippen molar-refractivity contribution in [3.05, 3.63) is 234 Å². The molecule has 0 atom stereocenters. The highest BCUT2D eigenvalue weighted by molar-refractivity contribution is 6.14. The topological polar surface area (TPSA) is 29.6 Å². The van der Waals surface area contributed by atoms with Crippen molar-refractivity contribution in [1.29, 1.82) is 0 Å². The maximum Gasteiger partial charge on any atom is 0.159 e. The van der Waals surface area contributed by atoms with Crippen LogP contribution in [0.4, 0.5) is 0 Å². The van der Waals surface area contributed by atoms with Crippen molar-refractivity contribution in [2.45, 2.75) is 41.5 Å². The largest absolute Gasteiger partial charge is 0.309 e. The fraction of sp³-hybridized carbons (Fsp3) is 0.103. The van der Waals surface area contributed by atoms with Crippen LogP contribution in [0.25, 0.3) is 61.0 Å². The van der Waals surface area contributed by atoms with E-state index >= 15 is 0 Å². The molecule has 3 heteroatoms. The van der Waals surface area contributed by atoms with Crippen LogP contribution in [0.5, 0.6) is 0 Å². The summed E-state index contributed by atoms with van der Waals surface area (Å²) < 4.78 is 2.36. The molecule has 0 bridgehead atoms. The molecule has 0 radical (unpaired) electrons. The van der Waals surface area contributed by atoms with Gasteiger partial charge in [0.2, 0.25) is 0 Å². The van der Waals surface area contributed by atoms with E-state index in [1.54, 1.807) is 0 Å². The molecule has 7 aromatic carbocycles. The van der Waals surface area contributed by atoms with Crippen LogP contribution < -0.4 is 0 Å². The highest BCUT2D eigenvalue weighted by Gasteiger charge is 2.19. The fourth-order valence-electron chi connectivity index (χ4n) is 8.50. The predicted octanol–water partition coefficient (Wildman–Crippen LogP) is 15.4. The van der Waals surface area contributed by atoms with Crippen LogP contribution in [-0.2, 0) is 0 Å². The lowest BCUT2D eigenvalue weighted by molar-refractivity contribution is 1.18. The molecule has 298 valence electrons. The van der Waals surface area contributed by atoms with E-state index in [1.807, 2.05) is 61.5 Å². The molecule has 0 fully saturated rings. The van der Waals surface area contributed by atoms with Crippen molar-refractivity contribution in [3.63, 3.8) is 0 Å². The molecule has 0 aliphatic rings. The van der Waals surface area contributed by atoms with Crippen LogP contribution in [0, 0.1) is 27.7 Å². The first kappa shape index (κ1) is 40.4. The zero-order valence-electron chi connectivity index (χ0n) is 36.0. The average molecular weight is 790 g/mol. The highest BCUT2D eigenvalue weighted by Crippen LogP contribution is 2.39. The monoisotopic (exact) mass is 789 g/mol. The maximum absolute atomic E-state index is 4.99. The summed E-state index contributed by atoms with van der Waals surface area (Å²) in [5.74, 6) is 0.528. The van der Waals surface area contributed by atoms with Gasteiger partial charge in [-0.05, 0) is 139 Å². The smallest absolute Gasteiger partial charge is 0.159 e. The Balaban J connectivity index is 1.10. The molecule has 61 heavy (non-hydrogen) atoms. The van der Waals surface area contributed by atoms with Crippen molar-refractivity contribution < 1.29 is 0 Å². The number of amidine groups is 1. The van der Waals surface area contributed by atoms with E-state index < -0.39 is 0 Å². The Hall–Kier alpha value is -7.36. The third-order valence-corrected chi connectivity index (χ3v) is 12.0. The molecule has 0 saturated carbocycles. The minimum absolute atomic E-state index is 0.528. The Morgan fingerprint density at radius 1 is 0.525 bits per heavy atom. The number of benzene rings is 7. The lowest BCUT2D eigenvalue weighted by Gasteiger charge is -2.22. The summed E-state index contributed by atoms with van der Waals surface area (Å²) in [7, 11) is 0. The van der Waals surface area contributed by atoms with Gasteiger partial charge in [0.25, 0.3) is 0 Å². The van der Waals surface area contributed by atoms with Gasteiger partial charge in [0.15, 0.2) is 5.84 Å². The maximum atomic E-state index is 4.99. The van der Waals surface area contributed by atoms with Gasteiger partial charge < -0.3 is 4.57 Å². The first-order valence-electron chi connectivity index (χ1n) is 20.9. The third-order valence-electron chi connectivity index (χ3n) is 12.0. The average Bonchev–Trinajstić information content (AvgIpc) is 3.64. The van der Waals surface area contributed by atoms with Crippen molar-refractivity contribution in [2.75, 3.05) is 0 Å². The third kappa shape index (κ3) is 8.03. The van der Waals surface area contributed by atoms with E-state index in [2.05, 4.69) is 174 Å². The first-order chi connectivity index (χ1) is 29.6. The van der Waals surface area contributed by atoms with Gasteiger partial charge >= 0.3 is 0 Å². The van der Waals surface area contributed by atoms with Crippen LogP contribution in [-0.4, -0.2) is 16.1 Å². The summed E-state index contributed by atoms with van der Waals surface area (Å²) in [6.07, 6.45) is 6.35. The van der Waals surface area contributed by atoms with Crippen molar-refractivity contribution >= 4 is 44.6 Å². The van der Waals surface area contributed by atoms with E-state index in [1.165, 1.54) is 77.6 Å². The van der Waals surface area contributed by atoms with Gasteiger partial charge in [-0.1, -0.05) is 159 Å². The van der Waals surface area contributed by atoms with E-state index in [4.69, 9.17) is 9.98 Å². The van der Waals surface area contributed by atoms with Crippen LogP contribution in [0.2, 0.25) is 0 Å². The molecule has 0 unspecified atom stereocenters. The summed E-state index contributed by atoms with van der Waals surface area (Å²) in [4.78, 5) is 9.92. The quantitative estimate of drug-likeness (QED) is 0.0750. The molecule has 0 amide bonds. The van der Waals surface area contributed by atoms with Gasteiger partial charge in [0.1, 0.15) is 0 Å². The second-order valence-electron chi connectivity index (χ2n) is 15.7. The van der Waals surface area contributed by atoms with E-state index in [9.17, 15) is 0 Å². The van der Waals surface area contributed by atoms with Crippen molar-refractivity contribution in [3.8, 4) is 27.9 Å². The highest BCUT2D eigenvalue weighted by atomic mass is 15.0. The van der Waals surface area contributed by atoms with Gasteiger partial charge in [-0.2, -0.15) is 0 Å². The molecule has 3 nitrogen and oxygen atoms in total. The summed E-state index contributed by atoms with van der Waals surface area (Å²) >= 11 is 0. The number of rotatable bonds is 10. The number of para-hydroxylation sites is 2. The van der Waals surface area contributed by atoms with Gasteiger partial charge in [0, 0.05) is 27.7 Å². The van der Waals surface area contributed by atoms with E-state index in [-0.39, 0.29) is 0 Å². The minimum Gasteiger partial charge on any atom is -0.309 e. The molecule has 1 aromatic heterocycles. The van der Waals surface area contributed by atoms with Gasteiger partial charge in [-0.3, -0.25) is 0 Å². The summed E-state index contributed by atoms with van der Waals surface area (Å²) in [6.45, 7) is 21.8. The van der Waals surface area contributed by atoms with Crippen molar-refractivity contribution in [2.24, 2.45) is 9.98 Å². The van der Waals surface area contributed by atoms with E-state index in [0.717, 1.165) is 22.4 Å². The molecule has 0 aliphatic carbocycles. The molecular weight excluding hydrogens is 739 g/mol. The minimum atomic E-state index is 0.528. The first-order valence-corrected chi connectivity index (χ1v) is 20.9. The van der Waals surface area contributed by atoms with Gasteiger partial charge in [-0.15, -0.1) is 0 Å². The zero-order valence-corrected chi connectivity index (χ0v) is 36.0. The van der Waals surface area contributed by atoms with Crippen molar-refractivity contribution in [1.82, 2.24) is 4.57 Å². The molecule has 8 rings (SSSR count). The summed E-state index contributed by atoms with van der Waals surface area (Å²) in [5.41, 5.74) is 20.1. The normalized spacial score (nSPS) is 12.5. The Labute approximate surface area is 360 Å². The number of nitrogens with zero attached hydrogens (tertiary/aromatic N) is 3. The number of hydrogen-bond donors (Lipinski definition) is 0. The molecule has 8 aromatic rings. The molecule has 0 N–H and O–H groups in total. The van der Waals surface area contributed by atoms with Gasteiger partial charge in [0.05, 0.1) is 16.7 Å². The molecule has 0 spiro atoms. The molecule has 0 aliphatic heterocycles. The van der Waals surface area contributed by atoms with Gasteiger partial charge in [-0.25, -0.2) is 9.98 Å². The van der Waals surface area contributed by atoms with E-state index in [0.29, 0.717) is 17.1 Å². The van der Waals surface area contributed by atoms with Crippen LogP contribution in [0.1, 0.15) is 52.8 Å². The number of aliphatic imine (C=N–C) groups is 2. The van der Waals surface area contributed by atoms with Crippen LogP contribution in [0.3, 0.4) is 0 Å². The Morgan fingerprint density at radius 2 is 1.07 bits per heavy atom. The second kappa shape index (κ2) is 17.5. The number of fused-ring (bicyclic) bond motifs is 3. The predicted molar refractivity (Wildman–Crippen MR) is 264 cm³/mol. The lowest BCUT2D eigenvalue weighted by Crippen LogP contribution is -2.04. The summed E-state index contributed by atoms with van der Waals surface area (Å²) in [6, 6.07) is 55.4. The summed E-state index contributed by atoms with van der Waals surface area (Å²) in [5, 5.41) is 2.51. The Kier molecular flexibility index (Phi) is 11.6. The van der Waals surface area contributed by atoms with Crippen LogP contribution >= 0.6 is 0 Å². The molecule has 0 saturated heterocycles. The lowest BCUT2D eigenvalue weighted by atomic mass is 9.82. The van der Waals surface area contributed by atoms with Crippen LogP contribution in [0.15, 0.2) is 205 Å². The standard InChI is InChI=1S/C58H51N3/c1-9-45(30-29-38(2)58(59-43(7)46-21-13-10-14-22-46)60-44(8)47-23-15-11-16-24-47)56-39(3)41(5)57(42(6)40(56)4)49-33-31-48(32-34-49)50-35-36-55-53(37-50)52-27-19-20-28-54(52)61(55)51-25-17-12-18-26-51/h9-37H,2,7H2,1,3-6,8H3/b30-29-,45-9+,59-58?,60-44?. The number of aromatic nitrogens is 1. The molecular formula is C58H51N3. The number of allylic oxidation sites excluding steroid dienone is 3. The molecule has 1 heterocycles. The zero-order chi connectivity index (χ0) is 42.6. The fourth-order valence-corrected chi connectivity index (χ4v) is 8.50. The number of hydrogen-bond acceptors (Lipinski definition) is 1. The second-order valence-corrected chi connectivity index (χ2v) is 15.7. The SMILES string of the molecule is C=C(/C=C\C(=C/C)c1c(C)c(C)c(-c2ccc(-c3ccc4c(c3)c3ccccc3n4-c3ccccc3)cc2)c(C)c1C)C(=NC(=C)c1ccccc1)N=C(C)c1ccccc1. The Morgan fingerprint density at radius 3 is 1.70 bits per heavy atom. The Bertz CT molecular complexity index is 3030.